The summed E-state index contributed by atoms with van der Waals surface area (Å²) in [6.45, 7) is 10.1. The van der Waals surface area contributed by atoms with E-state index in [4.69, 9.17) is 4.42 Å². The quantitative estimate of drug-likeness (QED) is 0.865. The van der Waals surface area contributed by atoms with Crippen LogP contribution in [0.1, 0.15) is 57.8 Å². The zero-order valence-corrected chi connectivity index (χ0v) is 12.3. The van der Waals surface area contributed by atoms with Crippen molar-refractivity contribution in [2.75, 3.05) is 0 Å². The van der Waals surface area contributed by atoms with Crippen LogP contribution in [0, 0.1) is 18.3 Å². The smallest absolute Gasteiger partial charge is 0.120 e. The van der Waals surface area contributed by atoms with Gasteiger partial charge in [0.2, 0.25) is 0 Å². The Morgan fingerprint density at radius 3 is 2.61 bits per heavy atom. The number of nitrogens with one attached hydrogen (secondary N) is 1. The van der Waals surface area contributed by atoms with Gasteiger partial charge < -0.3 is 9.73 Å². The van der Waals surface area contributed by atoms with Crippen LogP contribution in [0.15, 0.2) is 16.7 Å². The molecule has 0 radical (unpaired) electrons. The van der Waals surface area contributed by atoms with Crippen molar-refractivity contribution in [1.82, 2.24) is 5.32 Å². The van der Waals surface area contributed by atoms with Gasteiger partial charge in [-0.2, -0.15) is 0 Å². The summed E-state index contributed by atoms with van der Waals surface area (Å²) < 4.78 is 5.51. The molecule has 102 valence electrons. The van der Waals surface area contributed by atoms with Gasteiger partial charge in [0.05, 0.1) is 12.8 Å². The SMILES string of the molecule is Cc1ccoc1CNC1CCCCC1C(C)(C)C. The van der Waals surface area contributed by atoms with Crippen LogP contribution in [-0.4, -0.2) is 6.04 Å². The Morgan fingerprint density at radius 1 is 1.28 bits per heavy atom. The van der Waals surface area contributed by atoms with Crippen LogP contribution in [-0.2, 0) is 6.54 Å². The van der Waals surface area contributed by atoms with Gasteiger partial charge in [0, 0.05) is 6.04 Å². The van der Waals surface area contributed by atoms with Crippen LogP contribution < -0.4 is 5.32 Å². The molecule has 1 N–H and O–H groups in total. The molecule has 0 bridgehead atoms. The number of aryl methyl sites for hydroxylation is 1. The first-order valence-corrected chi connectivity index (χ1v) is 7.25. The van der Waals surface area contributed by atoms with Crippen molar-refractivity contribution in [1.29, 1.82) is 0 Å². The summed E-state index contributed by atoms with van der Waals surface area (Å²) in [5.74, 6) is 1.87. The van der Waals surface area contributed by atoms with E-state index >= 15 is 0 Å². The first-order chi connectivity index (χ1) is 8.48. The summed E-state index contributed by atoms with van der Waals surface area (Å²) >= 11 is 0. The third-order valence-electron chi connectivity index (χ3n) is 4.37. The molecule has 1 aliphatic carbocycles. The highest BCUT2D eigenvalue weighted by Crippen LogP contribution is 2.38. The highest BCUT2D eigenvalue weighted by molar-refractivity contribution is 5.14. The third kappa shape index (κ3) is 3.17. The van der Waals surface area contributed by atoms with E-state index in [-0.39, 0.29) is 0 Å². The lowest BCUT2D eigenvalue weighted by Gasteiger charge is -2.41. The normalized spacial score (nSPS) is 25.3. The second-order valence-corrected chi connectivity index (χ2v) is 6.77. The monoisotopic (exact) mass is 249 g/mol. The molecule has 0 spiro atoms. The summed E-state index contributed by atoms with van der Waals surface area (Å²) in [4.78, 5) is 0. The molecule has 0 saturated heterocycles. The molecule has 1 aliphatic rings. The van der Waals surface area contributed by atoms with Crippen LogP contribution in [0.3, 0.4) is 0 Å². The maximum Gasteiger partial charge on any atom is 0.120 e. The van der Waals surface area contributed by atoms with Crippen molar-refractivity contribution < 1.29 is 4.42 Å². The van der Waals surface area contributed by atoms with E-state index in [1.165, 1.54) is 31.2 Å². The molecule has 1 heterocycles. The van der Waals surface area contributed by atoms with Gasteiger partial charge >= 0.3 is 0 Å². The molecule has 2 nitrogen and oxygen atoms in total. The second-order valence-electron chi connectivity index (χ2n) is 6.77. The van der Waals surface area contributed by atoms with Gasteiger partial charge in [0.1, 0.15) is 5.76 Å². The standard InChI is InChI=1S/C16H27NO/c1-12-9-10-18-15(12)11-17-14-8-6-5-7-13(14)16(2,3)4/h9-10,13-14,17H,5-8,11H2,1-4H3. The van der Waals surface area contributed by atoms with Crippen LogP contribution in [0.5, 0.6) is 0 Å². The third-order valence-corrected chi connectivity index (χ3v) is 4.37. The number of furan rings is 1. The van der Waals surface area contributed by atoms with Crippen LogP contribution in [0.25, 0.3) is 0 Å². The van der Waals surface area contributed by atoms with Gasteiger partial charge in [-0.15, -0.1) is 0 Å². The second kappa shape index (κ2) is 5.48. The van der Waals surface area contributed by atoms with Crippen molar-refractivity contribution in [3.63, 3.8) is 0 Å². The summed E-state index contributed by atoms with van der Waals surface area (Å²) in [6.07, 6.45) is 7.20. The summed E-state index contributed by atoms with van der Waals surface area (Å²) in [7, 11) is 0. The van der Waals surface area contributed by atoms with Crippen molar-refractivity contribution in [2.24, 2.45) is 11.3 Å². The lowest BCUT2D eigenvalue weighted by Crippen LogP contribution is -2.43. The molecule has 1 aromatic heterocycles. The average molecular weight is 249 g/mol. The largest absolute Gasteiger partial charge is 0.468 e. The summed E-state index contributed by atoms with van der Waals surface area (Å²) in [6, 6.07) is 2.68. The first-order valence-electron chi connectivity index (χ1n) is 7.25. The zero-order valence-electron chi connectivity index (χ0n) is 12.3. The fourth-order valence-electron chi connectivity index (χ4n) is 3.22. The van der Waals surface area contributed by atoms with Crippen molar-refractivity contribution in [2.45, 2.75) is 66.0 Å². The number of hydrogen-bond donors (Lipinski definition) is 1. The van der Waals surface area contributed by atoms with E-state index in [1.807, 2.05) is 6.07 Å². The van der Waals surface area contributed by atoms with E-state index < -0.39 is 0 Å². The Morgan fingerprint density at radius 2 is 2.00 bits per heavy atom. The predicted molar refractivity (Wildman–Crippen MR) is 75.5 cm³/mol. The topological polar surface area (TPSA) is 25.2 Å². The molecule has 2 unspecified atom stereocenters. The summed E-state index contributed by atoms with van der Waals surface area (Å²) in [5.41, 5.74) is 1.65. The van der Waals surface area contributed by atoms with Crippen molar-refractivity contribution in [3.05, 3.63) is 23.7 Å². The Kier molecular flexibility index (Phi) is 4.16. The van der Waals surface area contributed by atoms with Gasteiger partial charge in [0.25, 0.3) is 0 Å². The lowest BCUT2D eigenvalue weighted by molar-refractivity contribution is 0.128. The van der Waals surface area contributed by atoms with E-state index in [2.05, 4.69) is 33.0 Å². The molecule has 0 aromatic carbocycles. The Balaban J connectivity index is 1.96. The maximum atomic E-state index is 5.51. The molecule has 1 aromatic rings. The molecular weight excluding hydrogens is 222 g/mol. The highest BCUT2D eigenvalue weighted by Gasteiger charge is 2.33. The van der Waals surface area contributed by atoms with Crippen LogP contribution >= 0.6 is 0 Å². The Bertz CT molecular complexity index is 375. The van der Waals surface area contributed by atoms with Gasteiger partial charge in [0.15, 0.2) is 0 Å². The van der Waals surface area contributed by atoms with E-state index in [9.17, 15) is 0 Å². The van der Waals surface area contributed by atoms with E-state index in [1.54, 1.807) is 6.26 Å². The maximum absolute atomic E-state index is 5.51. The van der Waals surface area contributed by atoms with Gasteiger partial charge in [-0.05, 0) is 42.7 Å². The minimum absolute atomic E-state index is 0.399. The number of hydrogen-bond acceptors (Lipinski definition) is 2. The molecule has 2 atom stereocenters. The van der Waals surface area contributed by atoms with Gasteiger partial charge in [-0.25, -0.2) is 0 Å². The molecule has 1 fully saturated rings. The fourth-order valence-corrected chi connectivity index (χ4v) is 3.22. The van der Waals surface area contributed by atoms with Crippen molar-refractivity contribution in [3.8, 4) is 0 Å². The molecule has 0 aliphatic heterocycles. The molecular formula is C16H27NO. The predicted octanol–water partition coefficient (Wildman–Crippen LogP) is 4.28. The Labute approximate surface area is 111 Å². The highest BCUT2D eigenvalue weighted by atomic mass is 16.3. The average Bonchev–Trinajstić information content (AvgIpc) is 2.71. The van der Waals surface area contributed by atoms with E-state index in [0.29, 0.717) is 11.5 Å². The van der Waals surface area contributed by atoms with Crippen LogP contribution in [0.4, 0.5) is 0 Å². The number of rotatable bonds is 3. The summed E-state index contributed by atoms with van der Waals surface area (Å²) in [5, 5.41) is 3.73. The molecule has 2 rings (SSSR count). The minimum Gasteiger partial charge on any atom is -0.468 e. The van der Waals surface area contributed by atoms with Gasteiger partial charge in [-0.3, -0.25) is 0 Å². The first kappa shape index (κ1) is 13.7. The zero-order chi connectivity index (χ0) is 13.2. The molecule has 18 heavy (non-hydrogen) atoms. The van der Waals surface area contributed by atoms with E-state index in [0.717, 1.165) is 18.2 Å². The molecule has 2 heteroatoms. The Hall–Kier alpha value is -0.760. The fraction of sp³-hybridized carbons (Fsp3) is 0.750. The minimum atomic E-state index is 0.399. The lowest BCUT2D eigenvalue weighted by atomic mass is 9.69. The van der Waals surface area contributed by atoms with Crippen LogP contribution in [0.2, 0.25) is 0 Å². The molecule has 1 saturated carbocycles. The van der Waals surface area contributed by atoms with Gasteiger partial charge in [-0.1, -0.05) is 33.6 Å². The molecule has 0 amide bonds. The van der Waals surface area contributed by atoms with Crippen molar-refractivity contribution >= 4 is 0 Å².